The maximum absolute atomic E-state index is 5.94. The molecule has 0 spiro atoms. The highest BCUT2D eigenvalue weighted by molar-refractivity contribution is 6.42. The normalized spacial score (nSPS) is 21.3. The van der Waals surface area contributed by atoms with Crippen molar-refractivity contribution in [2.45, 2.75) is 18.9 Å². The van der Waals surface area contributed by atoms with Gasteiger partial charge in [-0.05, 0) is 37.6 Å². The first-order valence-corrected chi connectivity index (χ1v) is 5.93. The largest absolute Gasteiger partial charge is 0.381 e. The predicted octanol–water partition coefficient (Wildman–Crippen LogP) is 3.16. The summed E-state index contributed by atoms with van der Waals surface area (Å²) in [5.74, 6) is 0. The number of halogens is 2. The van der Waals surface area contributed by atoms with Gasteiger partial charge in [0.1, 0.15) is 0 Å². The van der Waals surface area contributed by atoms with Crippen LogP contribution < -0.4 is 10.6 Å². The fourth-order valence-corrected chi connectivity index (χ4v) is 2.09. The molecule has 4 heteroatoms. The van der Waals surface area contributed by atoms with Gasteiger partial charge in [-0.1, -0.05) is 23.2 Å². The van der Waals surface area contributed by atoms with Crippen molar-refractivity contribution < 1.29 is 0 Å². The summed E-state index contributed by atoms with van der Waals surface area (Å²) in [5, 5.41) is 8.01. The Kier molecular flexibility index (Phi) is 3.73. The molecule has 1 aromatic carbocycles. The summed E-state index contributed by atoms with van der Waals surface area (Å²) in [6.07, 6.45) is 2.42. The van der Waals surface area contributed by atoms with Gasteiger partial charge in [-0.25, -0.2) is 0 Å². The number of anilines is 1. The molecule has 0 saturated carbocycles. The fourth-order valence-electron chi connectivity index (χ4n) is 1.80. The Morgan fingerprint density at radius 2 is 2.13 bits per heavy atom. The van der Waals surface area contributed by atoms with Crippen LogP contribution in [0.1, 0.15) is 12.8 Å². The van der Waals surface area contributed by atoms with Crippen LogP contribution in [0.3, 0.4) is 0 Å². The lowest BCUT2D eigenvalue weighted by atomic mass is 10.1. The van der Waals surface area contributed by atoms with Crippen LogP contribution in [0.15, 0.2) is 18.2 Å². The van der Waals surface area contributed by atoms with Crippen LogP contribution in [0.25, 0.3) is 0 Å². The van der Waals surface area contributed by atoms with E-state index < -0.39 is 0 Å². The van der Waals surface area contributed by atoms with Crippen LogP contribution >= 0.6 is 23.2 Å². The third-order valence-corrected chi connectivity index (χ3v) is 3.33. The molecule has 1 aromatic rings. The first-order valence-electron chi connectivity index (χ1n) is 5.18. The van der Waals surface area contributed by atoms with Crippen molar-refractivity contribution in [3.05, 3.63) is 28.2 Å². The smallest absolute Gasteiger partial charge is 0.0612 e. The van der Waals surface area contributed by atoms with E-state index in [1.54, 1.807) is 0 Å². The van der Waals surface area contributed by atoms with Crippen molar-refractivity contribution in [2.75, 3.05) is 18.4 Å². The van der Waals surface area contributed by atoms with E-state index in [9.17, 15) is 0 Å². The van der Waals surface area contributed by atoms with E-state index in [1.807, 2.05) is 18.2 Å². The molecule has 0 aliphatic carbocycles. The van der Waals surface area contributed by atoms with Crippen LogP contribution in [0, 0.1) is 0 Å². The van der Waals surface area contributed by atoms with Crippen LogP contribution in [-0.4, -0.2) is 19.1 Å². The van der Waals surface area contributed by atoms with Gasteiger partial charge in [0, 0.05) is 18.3 Å². The molecule has 1 unspecified atom stereocenters. The molecule has 1 saturated heterocycles. The molecule has 0 amide bonds. The molecule has 2 N–H and O–H groups in total. The summed E-state index contributed by atoms with van der Waals surface area (Å²) in [7, 11) is 0. The van der Waals surface area contributed by atoms with Gasteiger partial charge in [0.15, 0.2) is 0 Å². The van der Waals surface area contributed by atoms with Gasteiger partial charge < -0.3 is 10.6 Å². The van der Waals surface area contributed by atoms with Gasteiger partial charge in [0.2, 0.25) is 0 Å². The van der Waals surface area contributed by atoms with E-state index in [1.165, 1.54) is 12.8 Å². The Balaban J connectivity index is 2.00. The van der Waals surface area contributed by atoms with E-state index in [0.717, 1.165) is 18.8 Å². The Morgan fingerprint density at radius 3 is 2.80 bits per heavy atom. The van der Waals surface area contributed by atoms with Crippen molar-refractivity contribution >= 4 is 28.9 Å². The predicted molar refractivity (Wildman–Crippen MR) is 66.0 cm³/mol. The number of piperidine rings is 1. The third kappa shape index (κ3) is 3.00. The molecule has 0 bridgehead atoms. The summed E-state index contributed by atoms with van der Waals surface area (Å²) in [5.41, 5.74) is 1.04. The van der Waals surface area contributed by atoms with E-state index in [-0.39, 0.29) is 0 Å². The lowest BCUT2D eigenvalue weighted by Crippen LogP contribution is -2.38. The highest BCUT2D eigenvalue weighted by Crippen LogP contribution is 2.25. The number of hydrogen-bond acceptors (Lipinski definition) is 2. The average molecular weight is 245 g/mol. The lowest BCUT2D eigenvalue weighted by Gasteiger charge is -2.24. The van der Waals surface area contributed by atoms with Gasteiger partial charge in [-0.3, -0.25) is 0 Å². The minimum atomic E-state index is 0.496. The second-order valence-electron chi connectivity index (χ2n) is 3.82. The maximum Gasteiger partial charge on any atom is 0.0612 e. The fraction of sp³-hybridized carbons (Fsp3) is 0.455. The number of nitrogens with one attached hydrogen (secondary N) is 2. The van der Waals surface area contributed by atoms with Crippen molar-refractivity contribution in [3.63, 3.8) is 0 Å². The van der Waals surface area contributed by atoms with Crippen molar-refractivity contribution in [1.29, 1.82) is 0 Å². The lowest BCUT2D eigenvalue weighted by molar-refractivity contribution is 0.480. The summed E-state index contributed by atoms with van der Waals surface area (Å²) in [4.78, 5) is 0. The van der Waals surface area contributed by atoms with Crippen molar-refractivity contribution in [2.24, 2.45) is 0 Å². The maximum atomic E-state index is 5.94. The molecule has 1 fully saturated rings. The number of benzene rings is 1. The first-order chi connectivity index (χ1) is 7.25. The second-order valence-corrected chi connectivity index (χ2v) is 4.63. The molecule has 0 aromatic heterocycles. The van der Waals surface area contributed by atoms with Gasteiger partial charge >= 0.3 is 0 Å². The topological polar surface area (TPSA) is 24.1 Å². The molecule has 1 heterocycles. The monoisotopic (exact) mass is 244 g/mol. The minimum absolute atomic E-state index is 0.496. The SMILES string of the molecule is Clc1ccc(NC2CCCNC2)cc1Cl. The molecule has 2 nitrogen and oxygen atoms in total. The number of rotatable bonds is 2. The van der Waals surface area contributed by atoms with Gasteiger partial charge in [-0.2, -0.15) is 0 Å². The van der Waals surface area contributed by atoms with Crippen molar-refractivity contribution in [3.8, 4) is 0 Å². The zero-order valence-corrected chi connectivity index (χ0v) is 9.91. The highest BCUT2D eigenvalue weighted by atomic mass is 35.5. The van der Waals surface area contributed by atoms with E-state index in [2.05, 4.69) is 10.6 Å². The Morgan fingerprint density at radius 1 is 1.27 bits per heavy atom. The van der Waals surface area contributed by atoms with Crippen LogP contribution in [0.5, 0.6) is 0 Å². The molecule has 1 aliphatic rings. The average Bonchev–Trinajstić information content (AvgIpc) is 2.25. The zero-order valence-electron chi connectivity index (χ0n) is 8.39. The second kappa shape index (κ2) is 5.06. The zero-order chi connectivity index (χ0) is 10.7. The quantitative estimate of drug-likeness (QED) is 0.836. The molecule has 82 valence electrons. The molecule has 2 rings (SSSR count). The summed E-state index contributed by atoms with van der Waals surface area (Å²) in [6, 6.07) is 6.15. The first kappa shape index (κ1) is 11.1. The van der Waals surface area contributed by atoms with Gasteiger partial charge in [0.05, 0.1) is 10.0 Å². The van der Waals surface area contributed by atoms with E-state index in [4.69, 9.17) is 23.2 Å². The number of hydrogen-bond donors (Lipinski definition) is 2. The van der Waals surface area contributed by atoms with Crippen LogP contribution in [0.2, 0.25) is 10.0 Å². The van der Waals surface area contributed by atoms with E-state index >= 15 is 0 Å². The van der Waals surface area contributed by atoms with Crippen molar-refractivity contribution in [1.82, 2.24) is 5.32 Å². The van der Waals surface area contributed by atoms with Gasteiger partial charge in [0.25, 0.3) is 0 Å². The molecule has 15 heavy (non-hydrogen) atoms. The summed E-state index contributed by atoms with van der Waals surface area (Å²) < 4.78 is 0. The van der Waals surface area contributed by atoms with Crippen LogP contribution in [-0.2, 0) is 0 Å². The summed E-state index contributed by atoms with van der Waals surface area (Å²) >= 11 is 11.8. The third-order valence-electron chi connectivity index (χ3n) is 2.59. The Bertz CT molecular complexity index is 335. The molecule has 1 atom stereocenters. The van der Waals surface area contributed by atoms with Gasteiger partial charge in [-0.15, -0.1) is 0 Å². The van der Waals surface area contributed by atoms with E-state index in [0.29, 0.717) is 16.1 Å². The Hall–Kier alpha value is -0.440. The molecular weight excluding hydrogens is 231 g/mol. The highest BCUT2D eigenvalue weighted by Gasteiger charge is 2.12. The minimum Gasteiger partial charge on any atom is -0.381 e. The van der Waals surface area contributed by atoms with Crippen LogP contribution in [0.4, 0.5) is 5.69 Å². The molecular formula is C11H14Cl2N2. The molecule has 0 radical (unpaired) electrons. The molecule has 1 aliphatic heterocycles. The Labute approximate surface area is 100.0 Å². The standard InChI is InChI=1S/C11H14Cl2N2/c12-10-4-3-8(6-11(10)13)15-9-2-1-5-14-7-9/h3-4,6,9,14-15H,1-2,5,7H2. The summed E-state index contributed by atoms with van der Waals surface area (Å²) in [6.45, 7) is 2.14.